The maximum Gasteiger partial charge on any atom is 0.184 e. The zero-order valence-corrected chi connectivity index (χ0v) is 14.3. The molecule has 0 spiro atoms. The molecule has 5 unspecified atom stereocenters. The molecule has 1 aliphatic rings. The summed E-state index contributed by atoms with van der Waals surface area (Å²) in [4.78, 5) is 0. The van der Waals surface area contributed by atoms with Gasteiger partial charge in [-0.15, -0.1) is 0 Å². The fourth-order valence-electron chi connectivity index (χ4n) is 2.98. The molecule has 6 nitrogen and oxygen atoms in total. The predicted molar refractivity (Wildman–Crippen MR) is 94.0 cm³/mol. The Kier molecular flexibility index (Phi) is 6.73. The Labute approximate surface area is 152 Å². The Morgan fingerprint density at radius 3 is 1.77 bits per heavy atom. The van der Waals surface area contributed by atoms with Crippen LogP contribution in [-0.4, -0.2) is 52.6 Å². The van der Waals surface area contributed by atoms with Crippen LogP contribution >= 0.6 is 0 Å². The summed E-state index contributed by atoms with van der Waals surface area (Å²) in [6.45, 7) is 0.173. The van der Waals surface area contributed by atoms with Gasteiger partial charge in [0.05, 0.1) is 19.8 Å². The van der Waals surface area contributed by atoms with Crippen molar-refractivity contribution in [1.82, 2.24) is 0 Å². The fraction of sp³-hybridized carbons (Fsp3) is 0.400. The van der Waals surface area contributed by atoms with Crippen LogP contribution < -0.4 is 0 Å². The molecule has 0 bridgehead atoms. The van der Waals surface area contributed by atoms with Gasteiger partial charge < -0.3 is 29.5 Å². The number of hydrogen-bond acceptors (Lipinski definition) is 6. The molecule has 0 aliphatic carbocycles. The molecule has 2 aromatic carbocycles. The van der Waals surface area contributed by atoms with Gasteiger partial charge in [-0.2, -0.15) is 0 Å². The van der Waals surface area contributed by atoms with Crippen LogP contribution in [0, 0.1) is 0 Å². The summed E-state index contributed by atoms with van der Waals surface area (Å²) < 4.78 is 17.1. The van der Waals surface area contributed by atoms with Crippen molar-refractivity contribution in [3.8, 4) is 0 Å². The lowest BCUT2D eigenvalue weighted by atomic mass is 9.98. The quantitative estimate of drug-likeness (QED) is 0.688. The lowest BCUT2D eigenvalue weighted by Gasteiger charge is -2.42. The van der Waals surface area contributed by atoms with Crippen LogP contribution in [0.4, 0.5) is 0 Å². The molecule has 2 aromatic rings. The van der Waals surface area contributed by atoms with Crippen LogP contribution in [-0.2, 0) is 27.4 Å². The van der Waals surface area contributed by atoms with Crippen molar-refractivity contribution in [2.24, 2.45) is 0 Å². The molecular formula is C20H24O6. The van der Waals surface area contributed by atoms with Gasteiger partial charge >= 0.3 is 0 Å². The number of aliphatic hydroxyl groups is 3. The van der Waals surface area contributed by atoms with Crippen LogP contribution in [0.3, 0.4) is 0 Å². The molecule has 1 fully saturated rings. The van der Waals surface area contributed by atoms with E-state index in [0.717, 1.165) is 11.1 Å². The van der Waals surface area contributed by atoms with Crippen LogP contribution in [0.15, 0.2) is 60.7 Å². The van der Waals surface area contributed by atoms with Crippen LogP contribution in [0.5, 0.6) is 0 Å². The summed E-state index contributed by atoms with van der Waals surface area (Å²) >= 11 is 0. The van der Waals surface area contributed by atoms with E-state index in [9.17, 15) is 15.3 Å². The zero-order chi connectivity index (χ0) is 18.4. The third-order valence-corrected chi connectivity index (χ3v) is 4.38. The van der Waals surface area contributed by atoms with Crippen molar-refractivity contribution < 1.29 is 29.5 Å². The van der Waals surface area contributed by atoms with Gasteiger partial charge in [-0.25, -0.2) is 0 Å². The second-order valence-electron chi connectivity index (χ2n) is 6.26. The minimum Gasteiger partial charge on any atom is -0.394 e. The van der Waals surface area contributed by atoms with E-state index in [2.05, 4.69) is 0 Å². The highest BCUT2D eigenvalue weighted by atomic mass is 16.7. The summed E-state index contributed by atoms with van der Waals surface area (Å²) in [5, 5.41) is 29.9. The highest BCUT2D eigenvalue weighted by Crippen LogP contribution is 2.26. The first-order valence-corrected chi connectivity index (χ1v) is 8.62. The van der Waals surface area contributed by atoms with Gasteiger partial charge in [0.15, 0.2) is 6.29 Å². The lowest BCUT2D eigenvalue weighted by molar-refractivity contribution is -0.305. The van der Waals surface area contributed by atoms with Crippen molar-refractivity contribution in [2.75, 3.05) is 6.61 Å². The third-order valence-electron chi connectivity index (χ3n) is 4.38. The number of benzene rings is 2. The lowest BCUT2D eigenvalue weighted by Crippen LogP contribution is -2.60. The van der Waals surface area contributed by atoms with Crippen molar-refractivity contribution in [3.05, 3.63) is 71.8 Å². The maximum atomic E-state index is 10.3. The van der Waals surface area contributed by atoms with E-state index in [-0.39, 0.29) is 19.8 Å². The second-order valence-corrected chi connectivity index (χ2v) is 6.26. The van der Waals surface area contributed by atoms with Gasteiger partial charge in [-0.1, -0.05) is 60.7 Å². The molecule has 3 N–H and O–H groups in total. The van der Waals surface area contributed by atoms with Crippen molar-refractivity contribution >= 4 is 0 Å². The third kappa shape index (κ3) is 4.67. The van der Waals surface area contributed by atoms with Gasteiger partial charge in [-0.05, 0) is 11.1 Å². The van der Waals surface area contributed by atoms with Crippen molar-refractivity contribution in [1.29, 1.82) is 0 Å². The molecule has 26 heavy (non-hydrogen) atoms. The van der Waals surface area contributed by atoms with Crippen molar-refractivity contribution in [3.63, 3.8) is 0 Å². The van der Waals surface area contributed by atoms with E-state index in [1.807, 2.05) is 60.7 Å². The predicted octanol–water partition coefficient (Wildman–Crippen LogP) is 1.23. The number of ether oxygens (including phenoxy) is 3. The Morgan fingerprint density at radius 1 is 0.769 bits per heavy atom. The van der Waals surface area contributed by atoms with Crippen molar-refractivity contribution in [2.45, 2.75) is 43.9 Å². The summed E-state index contributed by atoms with van der Waals surface area (Å²) in [7, 11) is 0. The Morgan fingerprint density at radius 2 is 1.27 bits per heavy atom. The first-order chi connectivity index (χ1) is 12.7. The molecular weight excluding hydrogens is 336 g/mol. The monoisotopic (exact) mass is 360 g/mol. The first-order valence-electron chi connectivity index (χ1n) is 8.62. The number of aliphatic hydroxyl groups excluding tert-OH is 3. The fourth-order valence-corrected chi connectivity index (χ4v) is 2.98. The van der Waals surface area contributed by atoms with E-state index in [0.29, 0.717) is 0 Å². The van der Waals surface area contributed by atoms with Crippen LogP contribution in [0.2, 0.25) is 0 Å². The molecule has 0 radical (unpaired) electrons. The topological polar surface area (TPSA) is 88.4 Å². The highest BCUT2D eigenvalue weighted by molar-refractivity contribution is 5.14. The standard InChI is InChI=1S/C20H24O6/c21-11-16-18(24-12-14-7-3-1-4-8-14)19(17(22)20(23)26-16)25-13-15-9-5-2-6-10-15/h1-10,16-23H,11-13H2. The Hall–Kier alpha value is -1.80. The Balaban J connectivity index is 1.71. The second kappa shape index (κ2) is 9.23. The summed E-state index contributed by atoms with van der Waals surface area (Å²) in [6, 6.07) is 19.1. The van der Waals surface area contributed by atoms with E-state index in [1.54, 1.807) is 0 Å². The Bertz CT molecular complexity index is 606. The van der Waals surface area contributed by atoms with Gasteiger partial charge in [0.2, 0.25) is 0 Å². The summed E-state index contributed by atoms with van der Waals surface area (Å²) in [5.74, 6) is 0. The van der Waals surface area contributed by atoms with Gasteiger partial charge in [0.1, 0.15) is 24.4 Å². The largest absolute Gasteiger partial charge is 0.394 e. The smallest absolute Gasteiger partial charge is 0.184 e. The molecule has 6 heteroatoms. The first kappa shape index (κ1) is 19.0. The van der Waals surface area contributed by atoms with Gasteiger partial charge in [-0.3, -0.25) is 0 Å². The minimum atomic E-state index is -1.44. The molecule has 5 atom stereocenters. The molecule has 0 saturated carbocycles. The zero-order valence-electron chi connectivity index (χ0n) is 14.3. The summed E-state index contributed by atoms with van der Waals surface area (Å²) in [5.41, 5.74) is 1.88. The van der Waals surface area contributed by atoms with Crippen LogP contribution in [0.25, 0.3) is 0 Å². The van der Waals surface area contributed by atoms with Crippen LogP contribution in [0.1, 0.15) is 11.1 Å². The van der Waals surface area contributed by atoms with Gasteiger partial charge in [0.25, 0.3) is 0 Å². The molecule has 0 amide bonds. The normalized spacial score (nSPS) is 28.8. The molecule has 1 heterocycles. The van der Waals surface area contributed by atoms with Gasteiger partial charge in [0, 0.05) is 0 Å². The minimum absolute atomic E-state index is 0.249. The van der Waals surface area contributed by atoms with E-state index >= 15 is 0 Å². The van der Waals surface area contributed by atoms with E-state index in [4.69, 9.17) is 14.2 Å². The number of hydrogen-bond donors (Lipinski definition) is 3. The van der Waals surface area contributed by atoms with E-state index in [1.165, 1.54) is 0 Å². The molecule has 3 rings (SSSR count). The molecule has 0 aromatic heterocycles. The SMILES string of the molecule is OCC1OC(O)C(O)C(OCc2ccccc2)C1OCc1ccccc1. The summed E-state index contributed by atoms with van der Waals surface area (Å²) in [6.07, 6.45) is -5.06. The average Bonchev–Trinajstić information content (AvgIpc) is 2.69. The maximum absolute atomic E-state index is 10.3. The average molecular weight is 360 g/mol. The molecule has 1 aliphatic heterocycles. The molecule has 1 saturated heterocycles. The highest BCUT2D eigenvalue weighted by Gasteiger charge is 2.46. The number of rotatable bonds is 7. The molecule has 140 valence electrons. The van der Waals surface area contributed by atoms with E-state index < -0.39 is 30.7 Å².